The van der Waals surface area contributed by atoms with Gasteiger partial charge in [-0.3, -0.25) is 14.4 Å². The van der Waals surface area contributed by atoms with Crippen molar-refractivity contribution in [1.29, 1.82) is 0 Å². The highest BCUT2D eigenvalue weighted by atomic mass is 35.5. The number of benzene rings is 1. The van der Waals surface area contributed by atoms with Gasteiger partial charge in [0.05, 0.1) is 11.0 Å². The zero-order valence-electron chi connectivity index (χ0n) is 19.7. The van der Waals surface area contributed by atoms with E-state index in [-0.39, 0.29) is 17.1 Å². The number of halogens is 1. The van der Waals surface area contributed by atoms with E-state index in [0.29, 0.717) is 24.1 Å². The van der Waals surface area contributed by atoms with Gasteiger partial charge in [0.2, 0.25) is 5.91 Å². The number of aliphatic carboxylic acids is 2. The van der Waals surface area contributed by atoms with Crippen molar-refractivity contribution in [2.24, 2.45) is 16.7 Å². The molecule has 3 rings (SSSR count). The Bertz CT molecular complexity index is 1150. The maximum Gasteiger partial charge on any atom is 0.326 e. The molecule has 1 saturated carbocycles. The van der Waals surface area contributed by atoms with Gasteiger partial charge in [0.15, 0.2) is 0 Å². The number of carboxylic acid groups (broad SMARTS) is 2. The fourth-order valence-corrected chi connectivity index (χ4v) is 4.73. The third-order valence-corrected chi connectivity index (χ3v) is 7.59. The van der Waals surface area contributed by atoms with Crippen LogP contribution in [-0.4, -0.2) is 45.0 Å². The summed E-state index contributed by atoms with van der Waals surface area (Å²) in [5.74, 6) is -3.68. The van der Waals surface area contributed by atoms with Gasteiger partial charge in [-0.1, -0.05) is 37.6 Å². The first-order valence-electron chi connectivity index (χ1n) is 11.1. The molecule has 1 heterocycles. The molecule has 2 amide bonds. The SMILES string of the molecule is CC1(C(=O)O)CCC(C(=O)NC(Cc2ccc(NC(=O)c3cccnc3Cl)cc2)C(=O)O)C1(C)C. The minimum atomic E-state index is -1.20. The predicted octanol–water partition coefficient (Wildman–Crippen LogP) is 3.63. The molecule has 0 spiro atoms. The van der Waals surface area contributed by atoms with Crippen LogP contribution in [0.4, 0.5) is 5.69 Å². The molecule has 10 heteroatoms. The Morgan fingerprint density at radius 1 is 1.11 bits per heavy atom. The van der Waals surface area contributed by atoms with E-state index in [2.05, 4.69) is 15.6 Å². The van der Waals surface area contributed by atoms with Gasteiger partial charge < -0.3 is 20.8 Å². The number of hydrogen-bond donors (Lipinski definition) is 4. The van der Waals surface area contributed by atoms with E-state index in [0.717, 1.165) is 0 Å². The third-order valence-electron chi connectivity index (χ3n) is 7.28. The number of pyridine rings is 1. The van der Waals surface area contributed by atoms with Crippen molar-refractivity contribution < 1.29 is 29.4 Å². The van der Waals surface area contributed by atoms with Crippen molar-refractivity contribution in [2.45, 2.75) is 46.1 Å². The molecule has 9 nitrogen and oxygen atoms in total. The van der Waals surface area contributed by atoms with Crippen LogP contribution in [0.3, 0.4) is 0 Å². The van der Waals surface area contributed by atoms with E-state index in [9.17, 15) is 29.4 Å². The van der Waals surface area contributed by atoms with Crippen LogP contribution in [-0.2, 0) is 20.8 Å². The molecule has 1 aromatic carbocycles. The van der Waals surface area contributed by atoms with E-state index in [1.54, 1.807) is 57.2 Å². The fraction of sp³-hybridized carbons (Fsp3) is 0.400. The Morgan fingerprint density at radius 3 is 2.31 bits per heavy atom. The van der Waals surface area contributed by atoms with E-state index in [1.165, 1.54) is 6.20 Å². The molecule has 3 atom stereocenters. The van der Waals surface area contributed by atoms with Crippen molar-refractivity contribution in [3.8, 4) is 0 Å². The summed E-state index contributed by atoms with van der Waals surface area (Å²) in [6.45, 7) is 5.10. The van der Waals surface area contributed by atoms with Gasteiger partial charge in [0, 0.05) is 24.2 Å². The van der Waals surface area contributed by atoms with Gasteiger partial charge in [0.25, 0.3) is 5.91 Å². The smallest absolute Gasteiger partial charge is 0.326 e. The Labute approximate surface area is 207 Å². The van der Waals surface area contributed by atoms with Crippen LogP contribution in [0.15, 0.2) is 42.6 Å². The lowest BCUT2D eigenvalue weighted by atomic mass is 9.65. The van der Waals surface area contributed by atoms with Gasteiger partial charge in [0.1, 0.15) is 11.2 Å². The number of carbonyl (C=O) groups excluding carboxylic acids is 2. The summed E-state index contributed by atoms with van der Waals surface area (Å²) < 4.78 is 0. The van der Waals surface area contributed by atoms with Crippen LogP contribution in [0.25, 0.3) is 0 Å². The molecule has 0 aliphatic heterocycles. The van der Waals surface area contributed by atoms with Gasteiger partial charge in [-0.2, -0.15) is 0 Å². The molecule has 1 aliphatic carbocycles. The number of nitrogens with one attached hydrogen (secondary N) is 2. The Kier molecular flexibility index (Phi) is 7.50. The highest BCUT2D eigenvalue weighted by molar-refractivity contribution is 6.33. The predicted molar refractivity (Wildman–Crippen MR) is 129 cm³/mol. The number of carbonyl (C=O) groups is 4. The number of rotatable bonds is 8. The summed E-state index contributed by atoms with van der Waals surface area (Å²) in [5.41, 5.74) is -0.580. The standard InChI is InChI=1S/C25H28ClN3O6/c1-24(2)17(10-11-25(24,3)23(34)35)21(31)29-18(22(32)33)13-14-6-8-15(9-7-14)28-20(30)16-5-4-12-27-19(16)26/h4-9,12,17-18H,10-11,13H2,1-3H3,(H,28,30)(H,29,31)(H,32,33)(H,34,35). The van der Waals surface area contributed by atoms with Gasteiger partial charge in [-0.25, -0.2) is 9.78 Å². The summed E-state index contributed by atoms with van der Waals surface area (Å²) in [4.78, 5) is 52.9. The van der Waals surface area contributed by atoms with Crippen molar-refractivity contribution in [3.05, 3.63) is 58.9 Å². The number of nitrogens with zero attached hydrogens (tertiary/aromatic N) is 1. The van der Waals surface area contributed by atoms with Crippen LogP contribution in [0.1, 0.15) is 49.5 Å². The van der Waals surface area contributed by atoms with Gasteiger partial charge >= 0.3 is 11.9 Å². The molecular weight excluding hydrogens is 474 g/mol. The van der Waals surface area contributed by atoms with Crippen LogP contribution in [0, 0.1) is 16.7 Å². The minimum Gasteiger partial charge on any atom is -0.481 e. The molecule has 0 bridgehead atoms. The topological polar surface area (TPSA) is 146 Å². The molecule has 1 aromatic heterocycles. The summed E-state index contributed by atoms with van der Waals surface area (Å²) in [7, 11) is 0. The molecule has 3 unspecified atom stereocenters. The molecule has 2 aromatic rings. The second-order valence-corrected chi connectivity index (χ2v) is 9.90. The van der Waals surface area contributed by atoms with Crippen molar-refractivity contribution in [1.82, 2.24) is 10.3 Å². The molecule has 186 valence electrons. The summed E-state index contributed by atoms with van der Waals surface area (Å²) in [6, 6.07) is 8.51. The minimum absolute atomic E-state index is 0.0209. The Hall–Kier alpha value is -3.46. The average Bonchev–Trinajstić information content (AvgIpc) is 3.04. The quantitative estimate of drug-likeness (QED) is 0.404. The van der Waals surface area contributed by atoms with E-state index >= 15 is 0 Å². The van der Waals surface area contributed by atoms with Gasteiger partial charge in [-0.15, -0.1) is 0 Å². The Balaban J connectivity index is 1.66. The second kappa shape index (κ2) is 10.0. The first-order valence-corrected chi connectivity index (χ1v) is 11.5. The van der Waals surface area contributed by atoms with Crippen molar-refractivity contribution >= 4 is 41.0 Å². The fourth-order valence-electron chi connectivity index (χ4n) is 4.53. The number of amides is 2. The zero-order valence-corrected chi connectivity index (χ0v) is 20.4. The lowest BCUT2D eigenvalue weighted by molar-refractivity contribution is -0.155. The molecule has 4 N–H and O–H groups in total. The largest absolute Gasteiger partial charge is 0.481 e. The van der Waals surface area contributed by atoms with Crippen molar-refractivity contribution in [3.63, 3.8) is 0 Å². The maximum absolute atomic E-state index is 13.0. The summed E-state index contributed by atoms with van der Waals surface area (Å²) >= 11 is 5.94. The molecular formula is C25H28ClN3O6. The van der Waals surface area contributed by atoms with Crippen LogP contribution in [0.2, 0.25) is 5.15 Å². The highest BCUT2D eigenvalue weighted by Gasteiger charge is 2.58. The number of carboxylic acids is 2. The monoisotopic (exact) mass is 501 g/mol. The van der Waals surface area contributed by atoms with Gasteiger partial charge in [-0.05, 0) is 55.0 Å². The number of hydrogen-bond acceptors (Lipinski definition) is 5. The van der Waals surface area contributed by atoms with Crippen LogP contribution < -0.4 is 10.6 Å². The third kappa shape index (κ3) is 5.30. The van der Waals surface area contributed by atoms with E-state index in [1.807, 2.05) is 0 Å². The second-order valence-electron chi connectivity index (χ2n) is 9.55. The number of aromatic nitrogens is 1. The summed E-state index contributed by atoms with van der Waals surface area (Å²) in [5, 5.41) is 24.7. The van der Waals surface area contributed by atoms with E-state index < -0.39 is 46.5 Å². The van der Waals surface area contributed by atoms with Crippen molar-refractivity contribution in [2.75, 3.05) is 5.32 Å². The van der Waals surface area contributed by atoms with Crippen LogP contribution in [0.5, 0.6) is 0 Å². The summed E-state index contributed by atoms with van der Waals surface area (Å²) in [6.07, 6.45) is 2.20. The molecule has 0 saturated heterocycles. The number of anilines is 1. The first kappa shape index (κ1) is 26.2. The zero-order chi connectivity index (χ0) is 26.0. The molecule has 35 heavy (non-hydrogen) atoms. The average molecular weight is 502 g/mol. The molecule has 1 aliphatic rings. The van der Waals surface area contributed by atoms with E-state index in [4.69, 9.17) is 11.6 Å². The molecule has 0 radical (unpaired) electrons. The lowest BCUT2D eigenvalue weighted by Crippen LogP contribution is -2.49. The molecule has 1 fully saturated rings. The lowest BCUT2D eigenvalue weighted by Gasteiger charge is -2.38. The normalized spacial score (nSPS) is 21.7. The Morgan fingerprint density at radius 2 is 1.77 bits per heavy atom. The van der Waals surface area contributed by atoms with Crippen LogP contribution >= 0.6 is 11.6 Å². The maximum atomic E-state index is 13.0. The first-order chi connectivity index (χ1) is 16.4. The highest BCUT2D eigenvalue weighted by Crippen LogP contribution is 2.56.